The van der Waals surface area contributed by atoms with Crippen molar-refractivity contribution < 1.29 is 0 Å². The molecule has 16 heavy (non-hydrogen) atoms. The lowest BCUT2D eigenvalue weighted by atomic mass is 10.0. The molecule has 2 heterocycles. The summed E-state index contributed by atoms with van der Waals surface area (Å²) in [6.07, 6.45) is 0. The van der Waals surface area contributed by atoms with Crippen molar-refractivity contribution in [3.05, 3.63) is 41.1 Å². The minimum Gasteiger partial charge on any atom is -0.271 e. The minimum absolute atomic E-state index is 0.0446. The molecule has 2 nitrogen and oxygen atoms in total. The Morgan fingerprint density at radius 2 is 2.12 bits per heavy atom. The van der Waals surface area contributed by atoms with E-state index in [2.05, 4.69) is 61.7 Å². The van der Waals surface area contributed by atoms with Crippen LogP contribution >= 0.6 is 54.5 Å². The van der Waals surface area contributed by atoms with Gasteiger partial charge in [0.15, 0.2) is 0 Å². The van der Waals surface area contributed by atoms with Gasteiger partial charge in [0.25, 0.3) is 0 Å². The molecule has 0 saturated heterocycles. The Hall–Kier alpha value is 0.280. The van der Waals surface area contributed by atoms with Crippen LogP contribution in [-0.4, -0.2) is 0 Å². The molecule has 6 heteroatoms. The van der Waals surface area contributed by atoms with Crippen LogP contribution in [0.2, 0.25) is 0 Å². The van der Waals surface area contributed by atoms with E-state index in [1.165, 1.54) is 16.0 Å². The van der Waals surface area contributed by atoms with E-state index >= 15 is 0 Å². The second-order valence-corrected chi connectivity index (χ2v) is 8.18. The monoisotopic (exact) mass is 380 g/mol. The molecule has 3 N–H and O–H groups in total. The average molecular weight is 382 g/mol. The number of halogens is 2. The van der Waals surface area contributed by atoms with Crippen molar-refractivity contribution in [1.29, 1.82) is 0 Å². The Bertz CT molecular complexity index is 493. The highest BCUT2D eigenvalue weighted by molar-refractivity contribution is 9.12. The summed E-state index contributed by atoms with van der Waals surface area (Å²) < 4.78 is 2.20. The second kappa shape index (κ2) is 5.29. The van der Waals surface area contributed by atoms with E-state index in [0.29, 0.717) is 0 Å². The molecule has 0 aromatic carbocycles. The van der Waals surface area contributed by atoms with Crippen molar-refractivity contribution in [2.24, 2.45) is 5.84 Å². The third-order valence-corrected chi connectivity index (χ3v) is 5.62. The lowest BCUT2D eigenvalue weighted by molar-refractivity contribution is 0.636. The van der Waals surface area contributed by atoms with Crippen molar-refractivity contribution in [3.63, 3.8) is 0 Å². The Labute approximate surface area is 119 Å². The molecule has 2 aromatic rings. The van der Waals surface area contributed by atoms with Crippen molar-refractivity contribution in [1.82, 2.24) is 5.43 Å². The van der Waals surface area contributed by atoms with Crippen LogP contribution in [-0.2, 0) is 0 Å². The summed E-state index contributed by atoms with van der Waals surface area (Å²) in [5, 5.41) is 2.09. The summed E-state index contributed by atoms with van der Waals surface area (Å²) in [5.41, 5.74) is 5.28. The van der Waals surface area contributed by atoms with Gasteiger partial charge >= 0.3 is 0 Å². The van der Waals surface area contributed by atoms with Gasteiger partial charge in [-0.15, -0.1) is 22.7 Å². The van der Waals surface area contributed by atoms with Crippen molar-refractivity contribution in [2.75, 3.05) is 0 Å². The number of nitrogens with one attached hydrogen (secondary N) is 1. The first-order chi connectivity index (χ1) is 7.63. The van der Waals surface area contributed by atoms with E-state index in [9.17, 15) is 0 Å². The zero-order valence-corrected chi connectivity index (χ0v) is 13.3. The first kappa shape index (κ1) is 12.7. The zero-order valence-electron chi connectivity index (χ0n) is 8.46. The normalized spacial score (nSPS) is 13.0. The Kier molecular flexibility index (Phi) is 4.21. The minimum atomic E-state index is 0.0446. The van der Waals surface area contributed by atoms with Crippen molar-refractivity contribution in [2.45, 2.75) is 13.0 Å². The van der Waals surface area contributed by atoms with Gasteiger partial charge in [-0.1, -0.05) is 0 Å². The summed E-state index contributed by atoms with van der Waals surface area (Å²) >= 11 is 10.4. The molecule has 86 valence electrons. The van der Waals surface area contributed by atoms with Gasteiger partial charge in [-0.3, -0.25) is 5.84 Å². The number of hydrogen-bond donors (Lipinski definition) is 2. The molecule has 2 aromatic heterocycles. The Morgan fingerprint density at radius 1 is 1.38 bits per heavy atom. The predicted molar refractivity (Wildman–Crippen MR) is 77.9 cm³/mol. The van der Waals surface area contributed by atoms with Crippen LogP contribution in [0.15, 0.2) is 25.1 Å². The maximum Gasteiger partial charge on any atom is 0.0762 e. The number of aryl methyl sites for hydroxylation is 1. The maximum absolute atomic E-state index is 5.67. The number of hydrogen-bond acceptors (Lipinski definition) is 4. The van der Waals surface area contributed by atoms with Crippen molar-refractivity contribution >= 4 is 54.5 Å². The first-order valence-electron chi connectivity index (χ1n) is 4.58. The van der Waals surface area contributed by atoms with Crippen LogP contribution in [0.3, 0.4) is 0 Å². The molecule has 1 unspecified atom stereocenters. The van der Waals surface area contributed by atoms with E-state index < -0.39 is 0 Å². The molecular weight excluding hydrogens is 372 g/mol. The zero-order chi connectivity index (χ0) is 11.7. The van der Waals surface area contributed by atoms with Crippen LogP contribution < -0.4 is 11.3 Å². The Morgan fingerprint density at radius 3 is 2.56 bits per heavy atom. The predicted octanol–water partition coefficient (Wildman–Crippen LogP) is 4.20. The summed E-state index contributed by atoms with van der Waals surface area (Å²) in [6, 6.07) is 4.25. The molecular formula is C10H10Br2N2S2. The number of nitrogens with two attached hydrogens (primary N) is 1. The van der Waals surface area contributed by atoms with E-state index in [1.807, 2.05) is 0 Å². The molecule has 0 saturated carbocycles. The average Bonchev–Trinajstić information content (AvgIpc) is 2.77. The van der Waals surface area contributed by atoms with Gasteiger partial charge in [0.05, 0.1) is 13.6 Å². The Balaban J connectivity index is 2.44. The molecule has 0 aliphatic rings. The highest BCUT2D eigenvalue weighted by Crippen LogP contribution is 2.38. The van der Waals surface area contributed by atoms with Crippen LogP contribution in [0.1, 0.15) is 22.0 Å². The van der Waals surface area contributed by atoms with Crippen LogP contribution in [0.25, 0.3) is 0 Å². The summed E-state index contributed by atoms with van der Waals surface area (Å²) in [7, 11) is 0. The van der Waals surface area contributed by atoms with E-state index in [1.54, 1.807) is 22.7 Å². The molecule has 0 radical (unpaired) electrons. The molecule has 0 fully saturated rings. The number of rotatable bonds is 3. The van der Waals surface area contributed by atoms with E-state index in [0.717, 1.165) is 7.57 Å². The molecule has 0 aliphatic heterocycles. The fourth-order valence-electron chi connectivity index (χ4n) is 1.59. The van der Waals surface area contributed by atoms with E-state index in [4.69, 9.17) is 5.84 Å². The molecule has 0 aliphatic carbocycles. The third kappa shape index (κ3) is 2.42. The van der Waals surface area contributed by atoms with Crippen molar-refractivity contribution in [3.8, 4) is 0 Å². The summed E-state index contributed by atoms with van der Waals surface area (Å²) in [6.45, 7) is 2.11. The number of hydrazine groups is 1. The van der Waals surface area contributed by atoms with Gasteiger partial charge in [-0.05, 0) is 61.9 Å². The molecule has 1 atom stereocenters. The largest absolute Gasteiger partial charge is 0.271 e. The molecule has 0 bridgehead atoms. The smallest absolute Gasteiger partial charge is 0.0762 e. The highest BCUT2D eigenvalue weighted by Gasteiger charge is 2.19. The first-order valence-corrected chi connectivity index (χ1v) is 7.86. The highest BCUT2D eigenvalue weighted by atomic mass is 79.9. The summed E-state index contributed by atoms with van der Waals surface area (Å²) in [4.78, 5) is 1.29. The second-order valence-electron chi connectivity index (χ2n) is 3.31. The molecule has 2 rings (SSSR count). The lowest BCUT2D eigenvalue weighted by Crippen LogP contribution is -2.28. The van der Waals surface area contributed by atoms with Crippen LogP contribution in [0.5, 0.6) is 0 Å². The van der Waals surface area contributed by atoms with Gasteiger partial charge in [0, 0.05) is 10.4 Å². The fourth-order valence-corrected chi connectivity index (χ4v) is 5.23. The fraction of sp³-hybridized carbons (Fsp3) is 0.200. The maximum atomic E-state index is 5.67. The topological polar surface area (TPSA) is 38.0 Å². The molecule has 0 amide bonds. The lowest BCUT2D eigenvalue weighted by Gasteiger charge is -2.15. The standard InChI is InChI=1S/C10H10Br2N2S2/c1-5-6(2-3-15-5)9(14-13)7-4-8(11)16-10(7)12/h2-4,9,14H,13H2,1H3. The molecule has 0 spiro atoms. The third-order valence-electron chi connectivity index (χ3n) is 2.37. The van der Waals surface area contributed by atoms with Gasteiger partial charge in [-0.25, -0.2) is 5.43 Å². The number of thiophene rings is 2. The SMILES string of the molecule is Cc1sccc1C(NN)c1cc(Br)sc1Br. The van der Waals surface area contributed by atoms with Gasteiger partial charge in [-0.2, -0.15) is 0 Å². The quantitative estimate of drug-likeness (QED) is 0.617. The van der Waals surface area contributed by atoms with E-state index in [-0.39, 0.29) is 6.04 Å². The van der Waals surface area contributed by atoms with Crippen LogP contribution in [0.4, 0.5) is 0 Å². The van der Waals surface area contributed by atoms with Crippen LogP contribution in [0, 0.1) is 6.92 Å². The van der Waals surface area contributed by atoms with Gasteiger partial charge in [0.2, 0.25) is 0 Å². The van der Waals surface area contributed by atoms with Gasteiger partial charge < -0.3 is 0 Å². The summed E-state index contributed by atoms with van der Waals surface area (Å²) in [5.74, 6) is 5.67. The van der Waals surface area contributed by atoms with Gasteiger partial charge in [0.1, 0.15) is 0 Å².